The van der Waals surface area contributed by atoms with Crippen LogP contribution in [-0.2, 0) is 0 Å². The van der Waals surface area contributed by atoms with Crippen molar-refractivity contribution >= 4 is 5.69 Å². The molecule has 0 bridgehead atoms. The zero-order chi connectivity index (χ0) is 15.5. The first-order chi connectivity index (χ1) is 11.4. The normalized spacial score (nSPS) is 20.1. The Labute approximate surface area is 137 Å². The molecule has 0 radical (unpaired) electrons. The SMILES string of the molecule is C1=CCN(C2CCN(c3ccc(-c4ccn[nH]4)cc3)CC2)CC1. The largest absolute Gasteiger partial charge is 0.371 e. The molecule has 0 saturated carbocycles. The van der Waals surface area contributed by atoms with Gasteiger partial charge < -0.3 is 4.90 Å². The van der Waals surface area contributed by atoms with E-state index in [1.165, 1.54) is 37.1 Å². The third kappa shape index (κ3) is 3.17. The summed E-state index contributed by atoms with van der Waals surface area (Å²) in [5, 5.41) is 7.04. The van der Waals surface area contributed by atoms with Crippen molar-refractivity contribution in [2.45, 2.75) is 25.3 Å². The first-order valence-corrected chi connectivity index (χ1v) is 8.64. The monoisotopic (exact) mass is 308 g/mol. The van der Waals surface area contributed by atoms with Crippen molar-refractivity contribution < 1.29 is 0 Å². The van der Waals surface area contributed by atoms with Gasteiger partial charge in [-0.3, -0.25) is 10.00 Å². The number of hydrogen-bond donors (Lipinski definition) is 1. The molecule has 2 aliphatic heterocycles. The van der Waals surface area contributed by atoms with Crippen LogP contribution >= 0.6 is 0 Å². The number of H-pyrrole nitrogens is 1. The highest BCUT2D eigenvalue weighted by Crippen LogP contribution is 2.26. The van der Waals surface area contributed by atoms with Gasteiger partial charge in [0.25, 0.3) is 0 Å². The average Bonchev–Trinajstić information content (AvgIpc) is 3.18. The van der Waals surface area contributed by atoms with E-state index in [1.54, 1.807) is 6.20 Å². The number of aromatic nitrogens is 2. The third-order valence-corrected chi connectivity index (χ3v) is 5.11. The molecule has 1 aromatic carbocycles. The number of nitrogens with one attached hydrogen (secondary N) is 1. The van der Waals surface area contributed by atoms with Crippen LogP contribution in [0.25, 0.3) is 11.3 Å². The molecule has 2 aromatic rings. The van der Waals surface area contributed by atoms with Gasteiger partial charge in [-0.2, -0.15) is 5.10 Å². The van der Waals surface area contributed by atoms with E-state index in [1.807, 2.05) is 6.07 Å². The van der Waals surface area contributed by atoms with Gasteiger partial charge >= 0.3 is 0 Å². The van der Waals surface area contributed by atoms with Gasteiger partial charge in [0.1, 0.15) is 0 Å². The van der Waals surface area contributed by atoms with E-state index >= 15 is 0 Å². The molecule has 1 aromatic heterocycles. The summed E-state index contributed by atoms with van der Waals surface area (Å²) in [6.07, 6.45) is 10.2. The van der Waals surface area contributed by atoms with E-state index in [0.717, 1.165) is 31.4 Å². The Bertz CT molecular complexity index is 637. The Balaban J connectivity index is 1.37. The molecule has 0 atom stereocenters. The molecule has 4 heteroatoms. The Morgan fingerprint density at radius 3 is 2.43 bits per heavy atom. The van der Waals surface area contributed by atoms with Gasteiger partial charge in [0, 0.05) is 44.1 Å². The maximum absolute atomic E-state index is 4.02. The van der Waals surface area contributed by atoms with Crippen LogP contribution in [0.15, 0.2) is 48.7 Å². The number of hydrogen-bond acceptors (Lipinski definition) is 3. The molecule has 0 unspecified atom stereocenters. The number of nitrogens with zero attached hydrogens (tertiary/aromatic N) is 3. The van der Waals surface area contributed by atoms with Crippen LogP contribution in [0.2, 0.25) is 0 Å². The average molecular weight is 308 g/mol. The molecular weight excluding hydrogens is 284 g/mol. The molecule has 4 rings (SSSR count). The highest BCUT2D eigenvalue weighted by atomic mass is 15.2. The van der Waals surface area contributed by atoms with Crippen LogP contribution < -0.4 is 4.90 Å². The summed E-state index contributed by atoms with van der Waals surface area (Å²) in [7, 11) is 0. The fourth-order valence-corrected chi connectivity index (χ4v) is 3.75. The lowest BCUT2D eigenvalue weighted by Crippen LogP contribution is -2.46. The van der Waals surface area contributed by atoms with Crippen molar-refractivity contribution in [1.29, 1.82) is 0 Å². The Morgan fingerprint density at radius 1 is 0.957 bits per heavy atom. The van der Waals surface area contributed by atoms with E-state index in [-0.39, 0.29) is 0 Å². The zero-order valence-electron chi connectivity index (χ0n) is 13.5. The molecule has 23 heavy (non-hydrogen) atoms. The second-order valence-corrected chi connectivity index (χ2v) is 6.49. The summed E-state index contributed by atoms with van der Waals surface area (Å²) in [6, 6.07) is 11.6. The predicted octanol–water partition coefficient (Wildman–Crippen LogP) is 3.31. The van der Waals surface area contributed by atoms with Gasteiger partial charge in [-0.1, -0.05) is 24.3 Å². The second-order valence-electron chi connectivity index (χ2n) is 6.49. The van der Waals surface area contributed by atoms with Crippen molar-refractivity contribution in [2.75, 3.05) is 31.1 Å². The lowest BCUT2D eigenvalue weighted by molar-refractivity contribution is 0.184. The summed E-state index contributed by atoms with van der Waals surface area (Å²) in [5.74, 6) is 0. The summed E-state index contributed by atoms with van der Waals surface area (Å²) in [5.41, 5.74) is 3.61. The second kappa shape index (κ2) is 6.59. The molecule has 2 aliphatic rings. The molecule has 120 valence electrons. The first-order valence-electron chi connectivity index (χ1n) is 8.64. The minimum atomic E-state index is 0.764. The Morgan fingerprint density at radius 2 is 1.78 bits per heavy atom. The van der Waals surface area contributed by atoms with Crippen LogP contribution in [0.5, 0.6) is 0 Å². The van der Waals surface area contributed by atoms with Crippen LogP contribution in [0.3, 0.4) is 0 Å². The molecule has 1 N–H and O–H groups in total. The molecule has 0 amide bonds. The predicted molar refractivity (Wildman–Crippen MR) is 94.6 cm³/mol. The van der Waals surface area contributed by atoms with Crippen molar-refractivity contribution in [3.05, 3.63) is 48.7 Å². The highest BCUT2D eigenvalue weighted by Gasteiger charge is 2.24. The van der Waals surface area contributed by atoms with Gasteiger partial charge in [0.15, 0.2) is 0 Å². The lowest BCUT2D eigenvalue weighted by atomic mass is 10.0. The Kier molecular flexibility index (Phi) is 4.16. The van der Waals surface area contributed by atoms with E-state index in [9.17, 15) is 0 Å². The van der Waals surface area contributed by atoms with Gasteiger partial charge in [0.05, 0.1) is 5.69 Å². The van der Waals surface area contributed by atoms with E-state index in [4.69, 9.17) is 0 Å². The molecule has 0 aliphatic carbocycles. The molecular formula is C19H24N4. The van der Waals surface area contributed by atoms with Gasteiger partial charge in [-0.25, -0.2) is 0 Å². The highest BCUT2D eigenvalue weighted by molar-refractivity contribution is 5.62. The van der Waals surface area contributed by atoms with Crippen molar-refractivity contribution in [1.82, 2.24) is 15.1 Å². The first kappa shape index (κ1) is 14.5. The summed E-state index contributed by atoms with van der Waals surface area (Å²) in [4.78, 5) is 5.17. The number of anilines is 1. The number of benzene rings is 1. The van der Waals surface area contributed by atoms with Gasteiger partial charge in [-0.15, -0.1) is 0 Å². The van der Waals surface area contributed by atoms with Crippen molar-refractivity contribution in [3.8, 4) is 11.3 Å². The number of piperidine rings is 1. The number of aromatic amines is 1. The van der Waals surface area contributed by atoms with E-state index < -0.39 is 0 Å². The fraction of sp³-hybridized carbons (Fsp3) is 0.421. The van der Waals surface area contributed by atoms with Crippen LogP contribution in [0, 0.1) is 0 Å². The minimum Gasteiger partial charge on any atom is -0.371 e. The smallest absolute Gasteiger partial charge is 0.0650 e. The van der Waals surface area contributed by atoms with Gasteiger partial charge in [-0.05, 0) is 43.0 Å². The zero-order valence-corrected chi connectivity index (χ0v) is 13.5. The summed E-state index contributed by atoms with van der Waals surface area (Å²) >= 11 is 0. The third-order valence-electron chi connectivity index (χ3n) is 5.11. The topological polar surface area (TPSA) is 35.2 Å². The standard InChI is InChI=1S/C19H24N4/c1-2-12-22(13-3-1)18-9-14-23(15-10-18)17-6-4-16(5-7-17)19-8-11-20-21-19/h1-2,4-8,11,18H,3,9-10,12-15H2,(H,20,21). The summed E-state index contributed by atoms with van der Waals surface area (Å²) < 4.78 is 0. The van der Waals surface area contributed by atoms with Crippen molar-refractivity contribution in [3.63, 3.8) is 0 Å². The lowest BCUT2D eigenvalue weighted by Gasteiger charge is -2.40. The van der Waals surface area contributed by atoms with Gasteiger partial charge in [0.2, 0.25) is 0 Å². The quantitative estimate of drug-likeness (QED) is 0.884. The maximum Gasteiger partial charge on any atom is 0.0650 e. The summed E-state index contributed by atoms with van der Waals surface area (Å²) in [6.45, 7) is 4.70. The molecule has 4 nitrogen and oxygen atoms in total. The van der Waals surface area contributed by atoms with Crippen LogP contribution in [-0.4, -0.2) is 47.3 Å². The fourth-order valence-electron chi connectivity index (χ4n) is 3.75. The molecule has 1 saturated heterocycles. The minimum absolute atomic E-state index is 0.764. The molecule has 1 fully saturated rings. The maximum atomic E-state index is 4.02. The van der Waals surface area contributed by atoms with Crippen LogP contribution in [0.1, 0.15) is 19.3 Å². The molecule has 3 heterocycles. The van der Waals surface area contributed by atoms with Crippen molar-refractivity contribution in [2.24, 2.45) is 0 Å². The van der Waals surface area contributed by atoms with E-state index in [0.29, 0.717) is 0 Å². The van der Waals surface area contributed by atoms with Crippen LogP contribution in [0.4, 0.5) is 5.69 Å². The Hall–Kier alpha value is -2.07. The number of rotatable bonds is 3. The van der Waals surface area contributed by atoms with E-state index in [2.05, 4.69) is 56.4 Å². The molecule has 0 spiro atoms.